The second kappa shape index (κ2) is 3.54. The van der Waals surface area contributed by atoms with Gasteiger partial charge in [-0.05, 0) is 18.9 Å². The van der Waals surface area contributed by atoms with Crippen molar-refractivity contribution in [2.75, 3.05) is 0 Å². The van der Waals surface area contributed by atoms with Gasteiger partial charge in [-0.25, -0.2) is 0 Å². The largest absolute Gasteiger partial charge is 0.270 e. The van der Waals surface area contributed by atoms with Crippen LogP contribution in [-0.2, 0) is 6.42 Å². The lowest BCUT2D eigenvalue weighted by Crippen LogP contribution is -1.89. The van der Waals surface area contributed by atoms with Crippen molar-refractivity contribution in [2.24, 2.45) is 0 Å². The van der Waals surface area contributed by atoms with Crippen molar-refractivity contribution < 1.29 is 4.92 Å². The summed E-state index contributed by atoms with van der Waals surface area (Å²) < 4.78 is 0. The van der Waals surface area contributed by atoms with E-state index in [0.29, 0.717) is 11.4 Å². The van der Waals surface area contributed by atoms with E-state index in [-0.39, 0.29) is 5.69 Å². The molecule has 0 fully saturated rings. The number of nitro benzene ring substituents is 1. The van der Waals surface area contributed by atoms with Gasteiger partial charge in [0.1, 0.15) is 0 Å². The van der Waals surface area contributed by atoms with E-state index >= 15 is 0 Å². The maximum atomic E-state index is 10.3. The first kappa shape index (κ1) is 9.00. The second-order valence-electron chi connectivity index (χ2n) is 2.28. The molecular weight excluding hydrogens is 178 g/mol. The summed E-state index contributed by atoms with van der Waals surface area (Å²) in [6.07, 6.45) is 0.539. The molecule has 0 spiro atoms. The number of hydrogen-bond acceptors (Lipinski definition) is 2. The van der Waals surface area contributed by atoms with E-state index in [9.17, 15) is 10.1 Å². The van der Waals surface area contributed by atoms with E-state index in [1.165, 1.54) is 12.1 Å². The topological polar surface area (TPSA) is 43.1 Å². The van der Waals surface area contributed by atoms with Gasteiger partial charge in [-0.1, -0.05) is 17.7 Å². The highest BCUT2D eigenvalue weighted by molar-refractivity contribution is 6.31. The van der Waals surface area contributed by atoms with Crippen LogP contribution in [0.25, 0.3) is 0 Å². The second-order valence-corrected chi connectivity index (χ2v) is 2.69. The summed E-state index contributed by atoms with van der Waals surface area (Å²) in [5.41, 5.74) is 0.833. The van der Waals surface area contributed by atoms with Crippen molar-refractivity contribution in [1.82, 2.24) is 0 Å². The molecule has 4 heteroatoms. The van der Waals surface area contributed by atoms with Crippen LogP contribution in [0.2, 0.25) is 5.02 Å². The maximum Gasteiger partial charge on any atom is 0.270 e. The Hall–Kier alpha value is -1.09. The highest BCUT2D eigenvalue weighted by Gasteiger charge is 2.07. The van der Waals surface area contributed by atoms with Gasteiger partial charge in [-0.15, -0.1) is 0 Å². The minimum Gasteiger partial charge on any atom is -0.258 e. The first-order chi connectivity index (χ1) is 5.65. The molecule has 63 valence electrons. The molecule has 0 saturated heterocycles. The normalized spacial score (nSPS) is 9.83. The lowest BCUT2D eigenvalue weighted by molar-refractivity contribution is -0.384. The summed E-state index contributed by atoms with van der Waals surface area (Å²) in [6, 6.07) is 4.38. The van der Waals surface area contributed by atoms with Crippen LogP contribution >= 0.6 is 11.6 Å². The molecule has 1 rings (SSSR count). The minimum atomic E-state index is -0.473. The molecule has 1 radical (unpaired) electrons. The van der Waals surface area contributed by atoms with Crippen LogP contribution in [0.1, 0.15) is 5.56 Å². The molecule has 0 bridgehead atoms. The molecule has 1 aromatic carbocycles. The summed E-state index contributed by atoms with van der Waals surface area (Å²) in [5, 5.41) is 10.7. The van der Waals surface area contributed by atoms with Gasteiger partial charge in [0, 0.05) is 12.1 Å². The Kier molecular flexibility index (Phi) is 2.65. The van der Waals surface area contributed by atoms with Gasteiger partial charge in [0.05, 0.1) is 9.95 Å². The fourth-order valence-electron chi connectivity index (χ4n) is 0.853. The van der Waals surface area contributed by atoms with E-state index in [0.717, 1.165) is 5.56 Å². The fourth-order valence-corrected chi connectivity index (χ4v) is 1.12. The van der Waals surface area contributed by atoms with Gasteiger partial charge in [0.15, 0.2) is 0 Å². The molecule has 0 heterocycles. The molecule has 1 aromatic rings. The predicted octanol–water partition coefficient (Wildman–Crippen LogP) is 2.62. The Balaban J connectivity index is 3.10. The van der Waals surface area contributed by atoms with Crippen LogP contribution in [0.5, 0.6) is 0 Å². The van der Waals surface area contributed by atoms with Crippen LogP contribution in [0.4, 0.5) is 5.69 Å². The lowest BCUT2D eigenvalue weighted by atomic mass is 10.1. The molecule has 0 aliphatic rings. The van der Waals surface area contributed by atoms with Crippen LogP contribution in [0.15, 0.2) is 18.2 Å². The van der Waals surface area contributed by atoms with Crippen molar-refractivity contribution in [3.8, 4) is 0 Å². The minimum absolute atomic E-state index is 0.0113. The van der Waals surface area contributed by atoms with Crippen molar-refractivity contribution >= 4 is 17.3 Å². The average molecular weight is 185 g/mol. The number of rotatable bonds is 2. The molecule has 0 atom stereocenters. The molecule has 3 nitrogen and oxygen atoms in total. The standard InChI is InChI=1S/C8H7ClNO2/c1-2-6-3-4-7(10(11)12)5-8(6)9/h3-5H,1-2H2. The van der Waals surface area contributed by atoms with Gasteiger partial charge < -0.3 is 0 Å². The zero-order chi connectivity index (χ0) is 9.14. The van der Waals surface area contributed by atoms with Crippen LogP contribution in [0.3, 0.4) is 0 Å². The van der Waals surface area contributed by atoms with Crippen molar-refractivity contribution in [2.45, 2.75) is 6.42 Å². The monoisotopic (exact) mass is 184 g/mol. The molecule has 0 unspecified atom stereocenters. The SMILES string of the molecule is [CH2]Cc1ccc([N+](=O)[O-])cc1Cl. The molecule has 12 heavy (non-hydrogen) atoms. The summed E-state index contributed by atoms with van der Waals surface area (Å²) in [4.78, 5) is 9.81. The van der Waals surface area contributed by atoms with Gasteiger partial charge in [0.25, 0.3) is 5.69 Å². The van der Waals surface area contributed by atoms with Crippen LogP contribution in [-0.4, -0.2) is 4.92 Å². The zero-order valence-electron chi connectivity index (χ0n) is 6.29. The third-order valence-electron chi connectivity index (χ3n) is 1.52. The highest BCUT2D eigenvalue weighted by Crippen LogP contribution is 2.22. The number of hydrogen-bond donors (Lipinski definition) is 0. The molecule has 0 aliphatic heterocycles. The molecule has 0 N–H and O–H groups in total. The third-order valence-corrected chi connectivity index (χ3v) is 1.87. The van der Waals surface area contributed by atoms with Crippen LogP contribution in [0, 0.1) is 17.0 Å². The Morgan fingerprint density at radius 2 is 2.25 bits per heavy atom. The van der Waals surface area contributed by atoms with Gasteiger partial charge >= 0.3 is 0 Å². The van der Waals surface area contributed by atoms with Gasteiger partial charge in [-0.3, -0.25) is 10.1 Å². The van der Waals surface area contributed by atoms with Crippen molar-refractivity contribution in [1.29, 1.82) is 0 Å². The van der Waals surface area contributed by atoms with E-state index in [2.05, 4.69) is 6.92 Å². The smallest absolute Gasteiger partial charge is 0.258 e. The molecule has 0 aliphatic carbocycles. The number of non-ortho nitro benzene ring substituents is 1. The average Bonchev–Trinajstić information content (AvgIpc) is 2.04. The molecule has 0 aromatic heterocycles. The van der Waals surface area contributed by atoms with E-state index in [1.807, 2.05) is 0 Å². The first-order valence-electron chi connectivity index (χ1n) is 3.37. The summed E-state index contributed by atoms with van der Waals surface area (Å²) in [5.74, 6) is 0. The fraction of sp³-hybridized carbons (Fsp3) is 0.125. The predicted molar refractivity (Wildman–Crippen MR) is 47.2 cm³/mol. The molecular formula is C8H7ClNO2. The Bertz CT molecular complexity index is 312. The first-order valence-corrected chi connectivity index (χ1v) is 3.75. The third kappa shape index (κ3) is 1.74. The van der Waals surface area contributed by atoms with Crippen molar-refractivity contribution in [3.63, 3.8) is 0 Å². The quantitative estimate of drug-likeness (QED) is 0.524. The Morgan fingerprint density at radius 3 is 2.67 bits per heavy atom. The number of benzene rings is 1. The summed E-state index contributed by atoms with van der Waals surface area (Å²) >= 11 is 5.73. The Morgan fingerprint density at radius 1 is 1.58 bits per heavy atom. The molecule has 0 amide bonds. The van der Waals surface area contributed by atoms with E-state index < -0.39 is 4.92 Å². The van der Waals surface area contributed by atoms with Gasteiger partial charge in [0.2, 0.25) is 0 Å². The van der Waals surface area contributed by atoms with Crippen molar-refractivity contribution in [3.05, 3.63) is 45.8 Å². The molecule has 0 saturated carbocycles. The zero-order valence-corrected chi connectivity index (χ0v) is 7.04. The Labute approximate surface area is 75.1 Å². The lowest BCUT2D eigenvalue weighted by Gasteiger charge is -1.98. The maximum absolute atomic E-state index is 10.3. The van der Waals surface area contributed by atoms with E-state index in [4.69, 9.17) is 11.6 Å². The number of nitro groups is 1. The summed E-state index contributed by atoms with van der Waals surface area (Å²) in [7, 11) is 0. The van der Waals surface area contributed by atoms with E-state index in [1.54, 1.807) is 6.07 Å². The van der Waals surface area contributed by atoms with Crippen LogP contribution < -0.4 is 0 Å². The number of nitrogens with zero attached hydrogens (tertiary/aromatic N) is 1. The summed E-state index contributed by atoms with van der Waals surface area (Å²) in [6.45, 7) is 3.64. The highest BCUT2D eigenvalue weighted by atomic mass is 35.5. The van der Waals surface area contributed by atoms with Gasteiger partial charge in [-0.2, -0.15) is 0 Å². The number of halogens is 1.